The highest BCUT2D eigenvalue weighted by Gasteiger charge is 2.44. The van der Waals surface area contributed by atoms with E-state index in [4.69, 9.17) is 0 Å². The Morgan fingerprint density at radius 3 is 2.76 bits per heavy atom. The lowest BCUT2D eigenvalue weighted by Gasteiger charge is -2.37. The fourth-order valence-corrected chi connectivity index (χ4v) is 4.05. The van der Waals surface area contributed by atoms with Crippen molar-refractivity contribution in [2.24, 2.45) is 0 Å². The molecule has 4 heteroatoms. The van der Waals surface area contributed by atoms with Gasteiger partial charge in [-0.25, -0.2) is 0 Å². The van der Waals surface area contributed by atoms with Crippen LogP contribution in [0, 0.1) is 0 Å². The Hall–Kier alpha value is -1.42. The molecular formula is C17H25N3O. The molecule has 0 saturated carbocycles. The van der Waals surface area contributed by atoms with E-state index in [0.717, 1.165) is 45.4 Å². The molecule has 0 N–H and O–H groups in total. The smallest absolute Gasteiger partial charge is 0.223 e. The summed E-state index contributed by atoms with van der Waals surface area (Å²) < 4.78 is 0. The molecule has 0 aliphatic carbocycles. The summed E-state index contributed by atoms with van der Waals surface area (Å²) in [5.41, 5.74) is 1.48. The lowest BCUT2D eigenvalue weighted by Crippen LogP contribution is -2.46. The van der Waals surface area contributed by atoms with Gasteiger partial charge in [0.2, 0.25) is 5.91 Å². The predicted octanol–water partition coefficient (Wildman–Crippen LogP) is 2.45. The molecule has 4 nitrogen and oxygen atoms in total. The maximum atomic E-state index is 12.1. The van der Waals surface area contributed by atoms with E-state index >= 15 is 0 Å². The van der Waals surface area contributed by atoms with Gasteiger partial charge in [0.05, 0.1) is 0 Å². The van der Waals surface area contributed by atoms with Crippen LogP contribution in [-0.4, -0.2) is 45.9 Å². The molecule has 0 aromatic carbocycles. The minimum atomic E-state index is 0.152. The number of hydrogen-bond acceptors (Lipinski definition) is 3. The van der Waals surface area contributed by atoms with Gasteiger partial charge in [0.1, 0.15) is 0 Å². The summed E-state index contributed by atoms with van der Waals surface area (Å²) in [6.45, 7) is 6.20. The average Bonchev–Trinajstić information content (AvgIpc) is 2.68. The zero-order valence-corrected chi connectivity index (χ0v) is 12.9. The van der Waals surface area contributed by atoms with Crippen LogP contribution in [0.2, 0.25) is 0 Å². The monoisotopic (exact) mass is 287 g/mol. The van der Waals surface area contributed by atoms with Gasteiger partial charge >= 0.3 is 0 Å². The Bertz CT molecular complexity index is 490. The minimum Gasteiger partial charge on any atom is -0.337 e. The quantitative estimate of drug-likeness (QED) is 0.857. The van der Waals surface area contributed by atoms with E-state index in [1.165, 1.54) is 18.4 Å². The second-order valence-corrected chi connectivity index (χ2v) is 6.35. The highest BCUT2D eigenvalue weighted by atomic mass is 16.2. The molecule has 0 radical (unpaired) electrons. The van der Waals surface area contributed by atoms with Gasteiger partial charge in [-0.3, -0.25) is 14.7 Å². The van der Waals surface area contributed by atoms with Gasteiger partial charge in [-0.2, -0.15) is 0 Å². The summed E-state index contributed by atoms with van der Waals surface area (Å²) in [4.78, 5) is 20.8. The van der Waals surface area contributed by atoms with Crippen LogP contribution in [0.3, 0.4) is 0 Å². The van der Waals surface area contributed by atoms with E-state index in [-0.39, 0.29) is 5.54 Å². The number of aromatic nitrogens is 1. The summed E-state index contributed by atoms with van der Waals surface area (Å²) in [5, 5.41) is 0. The minimum absolute atomic E-state index is 0.152. The zero-order valence-electron chi connectivity index (χ0n) is 12.9. The van der Waals surface area contributed by atoms with Gasteiger partial charge in [0.15, 0.2) is 0 Å². The fraction of sp³-hybridized carbons (Fsp3) is 0.647. The van der Waals surface area contributed by atoms with Crippen LogP contribution < -0.4 is 0 Å². The van der Waals surface area contributed by atoms with Crippen molar-refractivity contribution in [1.82, 2.24) is 14.8 Å². The molecule has 21 heavy (non-hydrogen) atoms. The topological polar surface area (TPSA) is 36.4 Å². The van der Waals surface area contributed by atoms with Crippen molar-refractivity contribution in [1.29, 1.82) is 0 Å². The van der Waals surface area contributed by atoms with Crippen LogP contribution in [-0.2, 0) is 11.3 Å². The molecule has 114 valence electrons. The Morgan fingerprint density at radius 2 is 2.00 bits per heavy atom. The number of pyridine rings is 1. The van der Waals surface area contributed by atoms with Crippen molar-refractivity contribution in [3.05, 3.63) is 30.1 Å². The Morgan fingerprint density at radius 1 is 1.19 bits per heavy atom. The lowest BCUT2D eigenvalue weighted by molar-refractivity contribution is -0.131. The van der Waals surface area contributed by atoms with Crippen LogP contribution in [0.1, 0.15) is 44.6 Å². The summed E-state index contributed by atoms with van der Waals surface area (Å²) >= 11 is 0. The highest BCUT2D eigenvalue weighted by molar-refractivity contribution is 5.79. The van der Waals surface area contributed by atoms with E-state index in [1.807, 2.05) is 12.4 Å². The first-order chi connectivity index (χ1) is 10.2. The number of carbonyl (C=O) groups is 1. The van der Waals surface area contributed by atoms with Crippen LogP contribution in [0.4, 0.5) is 0 Å². The third-order valence-electron chi connectivity index (χ3n) is 5.16. The van der Waals surface area contributed by atoms with Gasteiger partial charge in [0, 0.05) is 44.0 Å². The molecule has 1 amide bonds. The molecule has 3 heterocycles. The molecule has 1 aromatic heterocycles. The van der Waals surface area contributed by atoms with Crippen LogP contribution in [0.5, 0.6) is 0 Å². The second-order valence-electron chi connectivity index (χ2n) is 6.35. The Labute approximate surface area is 127 Å². The Balaban J connectivity index is 1.65. The number of amides is 1. The molecule has 2 aliphatic heterocycles. The third-order valence-corrected chi connectivity index (χ3v) is 5.16. The molecule has 0 unspecified atom stereocenters. The third kappa shape index (κ3) is 2.95. The van der Waals surface area contributed by atoms with E-state index in [9.17, 15) is 4.79 Å². The molecule has 2 fully saturated rings. The van der Waals surface area contributed by atoms with Gasteiger partial charge < -0.3 is 4.90 Å². The van der Waals surface area contributed by atoms with Gasteiger partial charge in [0.25, 0.3) is 0 Å². The molecule has 1 aromatic rings. The van der Waals surface area contributed by atoms with E-state index in [1.54, 1.807) is 0 Å². The van der Waals surface area contributed by atoms with Gasteiger partial charge in [-0.1, -0.05) is 0 Å². The van der Waals surface area contributed by atoms with Crippen molar-refractivity contribution >= 4 is 5.91 Å². The van der Waals surface area contributed by atoms with Gasteiger partial charge in [-0.15, -0.1) is 0 Å². The first-order valence-corrected chi connectivity index (χ1v) is 8.15. The first kappa shape index (κ1) is 14.5. The molecule has 1 spiro atoms. The normalized spacial score (nSPS) is 27.3. The van der Waals surface area contributed by atoms with Crippen LogP contribution in [0.25, 0.3) is 0 Å². The summed E-state index contributed by atoms with van der Waals surface area (Å²) in [5.74, 6) is 0.361. The van der Waals surface area contributed by atoms with E-state index < -0.39 is 0 Å². The number of hydrogen-bond donors (Lipinski definition) is 0. The van der Waals surface area contributed by atoms with Crippen LogP contribution >= 0.6 is 0 Å². The Kier molecular flexibility index (Phi) is 4.24. The number of nitrogens with zero attached hydrogens (tertiary/aromatic N) is 3. The maximum Gasteiger partial charge on any atom is 0.223 e. The fourth-order valence-electron chi connectivity index (χ4n) is 4.05. The predicted molar refractivity (Wildman–Crippen MR) is 82.7 cm³/mol. The summed E-state index contributed by atoms with van der Waals surface area (Å²) in [6.07, 6.45) is 9.01. The number of carbonyl (C=O) groups excluding carboxylic acids is 1. The summed E-state index contributed by atoms with van der Waals surface area (Å²) in [6, 6.07) is 4.19. The first-order valence-electron chi connectivity index (χ1n) is 8.15. The number of rotatable bonds is 3. The molecule has 2 aliphatic rings. The van der Waals surface area contributed by atoms with Crippen molar-refractivity contribution < 1.29 is 4.79 Å². The second kappa shape index (κ2) is 6.14. The molecule has 1 atom stereocenters. The largest absolute Gasteiger partial charge is 0.337 e. The van der Waals surface area contributed by atoms with Crippen molar-refractivity contribution in [3.63, 3.8) is 0 Å². The van der Waals surface area contributed by atoms with Crippen molar-refractivity contribution in [2.75, 3.05) is 19.6 Å². The molecule has 0 bridgehead atoms. The van der Waals surface area contributed by atoms with E-state index in [0.29, 0.717) is 5.91 Å². The molecule has 2 saturated heterocycles. The average molecular weight is 287 g/mol. The summed E-state index contributed by atoms with van der Waals surface area (Å²) in [7, 11) is 0. The molecular weight excluding hydrogens is 262 g/mol. The maximum absolute atomic E-state index is 12.1. The van der Waals surface area contributed by atoms with Crippen molar-refractivity contribution in [3.8, 4) is 0 Å². The number of likely N-dealkylation sites (tertiary alicyclic amines) is 2. The van der Waals surface area contributed by atoms with Crippen molar-refractivity contribution in [2.45, 2.75) is 51.1 Å². The lowest BCUT2D eigenvalue weighted by atomic mass is 9.88. The zero-order chi connectivity index (χ0) is 14.7. The van der Waals surface area contributed by atoms with Gasteiger partial charge in [-0.05, 0) is 56.8 Å². The standard InChI is InChI=1S/C17H25N3O/c1-2-20-16(21)4-8-17(20)7-3-12-19(13-9-17)14-15-5-10-18-11-6-15/h5-6,10-11H,2-4,7-9,12-14H2,1H3/t17-/m0/s1. The SMILES string of the molecule is CCN1C(=O)CC[C@]12CCCN(Cc1ccncc1)CC2. The van der Waals surface area contributed by atoms with E-state index in [2.05, 4.69) is 33.8 Å². The molecule has 3 rings (SSSR count). The highest BCUT2D eigenvalue weighted by Crippen LogP contribution is 2.38. The van der Waals surface area contributed by atoms with Crippen LogP contribution in [0.15, 0.2) is 24.5 Å².